The second-order valence-electron chi connectivity index (χ2n) is 4.29. The highest BCUT2D eigenvalue weighted by molar-refractivity contribution is 6.83. The van der Waals surface area contributed by atoms with Gasteiger partial charge in [0.25, 0.3) is 0 Å². The zero-order valence-electron chi connectivity index (χ0n) is 8.98. The van der Waals surface area contributed by atoms with Crippen LogP contribution in [0.15, 0.2) is 12.4 Å². The Kier molecular flexibility index (Phi) is 3.07. The van der Waals surface area contributed by atoms with Gasteiger partial charge in [-0.2, -0.15) is 0 Å². The van der Waals surface area contributed by atoms with Gasteiger partial charge in [0.2, 0.25) is 0 Å². The first-order valence-corrected chi connectivity index (χ1v) is 8.03. The molecule has 0 aliphatic heterocycles. The SMILES string of the molecule is Cc1c(F)cncc1C#C[Si](C)(C)C. The summed E-state index contributed by atoms with van der Waals surface area (Å²) in [5.41, 5.74) is 4.48. The molecule has 0 atom stereocenters. The standard InChI is InChI=1S/C11H14FNSi/c1-9-10(5-6-14(2,3)4)7-13-8-11(9)12/h7-8H,1-4H3. The van der Waals surface area contributed by atoms with Gasteiger partial charge in [0.05, 0.1) is 6.20 Å². The van der Waals surface area contributed by atoms with Gasteiger partial charge in [-0.15, -0.1) is 5.54 Å². The number of pyridine rings is 1. The number of rotatable bonds is 0. The number of halogens is 1. The van der Waals surface area contributed by atoms with Gasteiger partial charge in [0, 0.05) is 17.3 Å². The molecule has 0 spiro atoms. The van der Waals surface area contributed by atoms with Crippen molar-refractivity contribution in [3.63, 3.8) is 0 Å². The smallest absolute Gasteiger partial charge is 0.145 e. The van der Waals surface area contributed by atoms with E-state index in [9.17, 15) is 4.39 Å². The van der Waals surface area contributed by atoms with Crippen molar-refractivity contribution in [1.82, 2.24) is 4.98 Å². The molecule has 0 aliphatic rings. The number of aromatic nitrogens is 1. The summed E-state index contributed by atoms with van der Waals surface area (Å²) >= 11 is 0. The van der Waals surface area contributed by atoms with Gasteiger partial charge >= 0.3 is 0 Å². The summed E-state index contributed by atoms with van der Waals surface area (Å²) in [6.07, 6.45) is 2.83. The van der Waals surface area contributed by atoms with Gasteiger partial charge in [0.1, 0.15) is 13.9 Å². The lowest BCUT2D eigenvalue weighted by atomic mass is 10.2. The van der Waals surface area contributed by atoms with E-state index in [-0.39, 0.29) is 5.82 Å². The van der Waals surface area contributed by atoms with Crippen LogP contribution < -0.4 is 0 Å². The van der Waals surface area contributed by atoms with Crippen molar-refractivity contribution in [1.29, 1.82) is 0 Å². The molecule has 0 radical (unpaired) electrons. The third-order valence-corrected chi connectivity index (χ3v) is 2.60. The molecule has 1 rings (SSSR count). The predicted molar refractivity (Wildman–Crippen MR) is 59.2 cm³/mol. The average Bonchev–Trinajstić information content (AvgIpc) is 2.06. The summed E-state index contributed by atoms with van der Waals surface area (Å²) in [6, 6.07) is 0. The van der Waals surface area contributed by atoms with Crippen LogP contribution >= 0.6 is 0 Å². The highest BCUT2D eigenvalue weighted by Gasteiger charge is 2.08. The van der Waals surface area contributed by atoms with E-state index in [1.807, 2.05) is 0 Å². The Hall–Kier alpha value is -1.14. The van der Waals surface area contributed by atoms with Gasteiger partial charge in [-0.05, 0) is 6.92 Å². The average molecular weight is 207 g/mol. The van der Waals surface area contributed by atoms with E-state index in [4.69, 9.17) is 0 Å². The minimum atomic E-state index is -1.39. The van der Waals surface area contributed by atoms with Crippen molar-refractivity contribution in [3.05, 3.63) is 29.3 Å². The van der Waals surface area contributed by atoms with Crippen LogP contribution in [-0.4, -0.2) is 13.1 Å². The molecule has 0 amide bonds. The van der Waals surface area contributed by atoms with Gasteiger partial charge in [-0.1, -0.05) is 25.6 Å². The highest BCUT2D eigenvalue weighted by Crippen LogP contribution is 2.09. The first-order chi connectivity index (χ1) is 6.40. The molecule has 1 heterocycles. The van der Waals surface area contributed by atoms with Gasteiger partial charge in [-0.3, -0.25) is 4.98 Å². The van der Waals surface area contributed by atoms with Crippen molar-refractivity contribution in [3.8, 4) is 11.5 Å². The molecule has 0 fully saturated rings. The lowest BCUT2D eigenvalue weighted by Crippen LogP contribution is -2.16. The molecule has 1 nitrogen and oxygen atoms in total. The van der Waals surface area contributed by atoms with E-state index in [0.29, 0.717) is 11.1 Å². The second-order valence-corrected chi connectivity index (χ2v) is 9.04. The fraction of sp³-hybridized carbons (Fsp3) is 0.364. The van der Waals surface area contributed by atoms with Crippen LogP contribution in [0.3, 0.4) is 0 Å². The van der Waals surface area contributed by atoms with Crippen LogP contribution in [0.2, 0.25) is 19.6 Å². The molecule has 0 unspecified atom stereocenters. The van der Waals surface area contributed by atoms with Crippen molar-refractivity contribution < 1.29 is 4.39 Å². The second kappa shape index (κ2) is 3.93. The minimum Gasteiger partial charge on any atom is -0.260 e. The molecular weight excluding hydrogens is 193 g/mol. The van der Waals surface area contributed by atoms with Gasteiger partial charge in [-0.25, -0.2) is 4.39 Å². The molecule has 0 saturated heterocycles. The Balaban J connectivity index is 3.08. The molecule has 0 aromatic carbocycles. The fourth-order valence-corrected chi connectivity index (χ4v) is 1.39. The largest absolute Gasteiger partial charge is 0.260 e. The van der Waals surface area contributed by atoms with Crippen molar-refractivity contribution in [2.24, 2.45) is 0 Å². The molecular formula is C11H14FNSi. The van der Waals surface area contributed by atoms with E-state index in [1.54, 1.807) is 13.1 Å². The van der Waals surface area contributed by atoms with Crippen LogP contribution in [0.4, 0.5) is 4.39 Å². The zero-order chi connectivity index (χ0) is 10.8. The lowest BCUT2D eigenvalue weighted by Gasteiger charge is -2.04. The maximum absolute atomic E-state index is 13.1. The third kappa shape index (κ3) is 2.97. The maximum Gasteiger partial charge on any atom is 0.145 e. The number of nitrogens with zero attached hydrogens (tertiary/aromatic N) is 1. The zero-order valence-corrected chi connectivity index (χ0v) is 9.98. The Morgan fingerprint density at radius 3 is 2.50 bits per heavy atom. The Morgan fingerprint density at radius 1 is 1.29 bits per heavy atom. The first-order valence-electron chi connectivity index (χ1n) is 4.53. The maximum atomic E-state index is 13.1. The van der Waals surface area contributed by atoms with Crippen LogP contribution in [0, 0.1) is 24.2 Å². The van der Waals surface area contributed by atoms with Crippen LogP contribution in [0.5, 0.6) is 0 Å². The summed E-state index contributed by atoms with van der Waals surface area (Å²) in [6.45, 7) is 8.19. The van der Waals surface area contributed by atoms with Crippen LogP contribution in [0.1, 0.15) is 11.1 Å². The van der Waals surface area contributed by atoms with E-state index >= 15 is 0 Å². The van der Waals surface area contributed by atoms with Crippen LogP contribution in [0.25, 0.3) is 0 Å². The van der Waals surface area contributed by atoms with E-state index < -0.39 is 8.07 Å². The number of hydrogen-bond acceptors (Lipinski definition) is 1. The summed E-state index contributed by atoms with van der Waals surface area (Å²) in [5, 5.41) is 0. The lowest BCUT2D eigenvalue weighted by molar-refractivity contribution is 0.611. The third-order valence-electron chi connectivity index (χ3n) is 1.73. The highest BCUT2D eigenvalue weighted by atomic mass is 28.3. The van der Waals surface area contributed by atoms with E-state index in [1.165, 1.54) is 6.20 Å². The van der Waals surface area contributed by atoms with E-state index in [0.717, 1.165) is 0 Å². The molecule has 0 aliphatic carbocycles. The molecule has 0 saturated carbocycles. The monoisotopic (exact) mass is 207 g/mol. The molecule has 3 heteroatoms. The van der Waals surface area contributed by atoms with E-state index in [2.05, 4.69) is 36.1 Å². The van der Waals surface area contributed by atoms with Crippen molar-refractivity contribution in [2.45, 2.75) is 26.6 Å². The van der Waals surface area contributed by atoms with Crippen molar-refractivity contribution in [2.75, 3.05) is 0 Å². The topological polar surface area (TPSA) is 12.9 Å². The molecule has 14 heavy (non-hydrogen) atoms. The summed E-state index contributed by atoms with van der Waals surface area (Å²) in [4.78, 5) is 3.78. The Morgan fingerprint density at radius 2 is 1.93 bits per heavy atom. The normalized spacial score (nSPS) is 10.6. The molecule has 1 aromatic heterocycles. The first kappa shape index (κ1) is 10.9. The quantitative estimate of drug-likeness (QED) is 0.471. The molecule has 0 N–H and O–H groups in total. The summed E-state index contributed by atoms with van der Waals surface area (Å²) < 4.78 is 13.1. The summed E-state index contributed by atoms with van der Waals surface area (Å²) in [7, 11) is -1.39. The Labute approximate surface area is 85.4 Å². The van der Waals surface area contributed by atoms with Gasteiger partial charge < -0.3 is 0 Å². The minimum absolute atomic E-state index is 0.285. The molecule has 74 valence electrons. The fourth-order valence-electron chi connectivity index (χ4n) is 0.880. The Bertz CT molecular complexity index is 396. The van der Waals surface area contributed by atoms with Crippen LogP contribution in [-0.2, 0) is 0 Å². The summed E-state index contributed by atoms with van der Waals surface area (Å²) in [5.74, 6) is 2.72. The van der Waals surface area contributed by atoms with Gasteiger partial charge in [0.15, 0.2) is 0 Å². The molecule has 0 bridgehead atoms. The van der Waals surface area contributed by atoms with Crippen molar-refractivity contribution >= 4 is 8.07 Å². The number of hydrogen-bond donors (Lipinski definition) is 0. The molecule has 1 aromatic rings. The predicted octanol–water partition coefficient (Wildman–Crippen LogP) is 2.76.